The zero-order chi connectivity index (χ0) is 27.7. The van der Waals surface area contributed by atoms with Crippen LogP contribution in [0.25, 0.3) is 11.5 Å². The molecule has 0 aliphatic rings. The monoisotopic (exact) mass is 530 g/mol. The third-order valence-electron chi connectivity index (χ3n) is 5.93. The van der Waals surface area contributed by atoms with E-state index in [0.29, 0.717) is 42.7 Å². The first-order valence-electron chi connectivity index (χ1n) is 12.7. The summed E-state index contributed by atoms with van der Waals surface area (Å²) < 4.78 is 45.2. The first-order valence-corrected chi connectivity index (χ1v) is 12.7. The zero-order valence-corrected chi connectivity index (χ0v) is 21.6. The van der Waals surface area contributed by atoms with Gasteiger partial charge in [0.1, 0.15) is 6.26 Å². The molecule has 1 heterocycles. The number of oxazole rings is 1. The minimum absolute atomic E-state index is 0.0486. The van der Waals surface area contributed by atoms with Gasteiger partial charge >= 0.3 is 6.18 Å². The molecule has 0 aliphatic carbocycles. The van der Waals surface area contributed by atoms with Gasteiger partial charge in [-0.05, 0) is 61.7 Å². The molecule has 0 fully saturated rings. The molecule has 0 radical (unpaired) electrons. The van der Waals surface area contributed by atoms with E-state index in [0.717, 1.165) is 25.0 Å². The first-order chi connectivity index (χ1) is 18.2. The van der Waals surface area contributed by atoms with Crippen LogP contribution in [-0.4, -0.2) is 52.8 Å². The molecule has 0 unspecified atom stereocenters. The maximum Gasteiger partial charge on any atom is 0.416 e. The van der Waals surface area contributed by atoms with Crippen molar-refractivity contribution in [2.24, 2.45) is 5.73 Å². The molecular formula is C28H33F3N4O3. The fourth-order valence-electron chi connectivity index (χ4n) is 4.18. The standard InChI is InChI=1S/C28H33F3N4O3/c1-3-11-34(12-4-2)26(36)22-16-21(25-33-10-14-38-25)17-23(18-22)27(37)35(13-6-9-32)19-20-7-5-8-24(15-20)28(29,30)31/h5,7-8,10,14-18H,3-4,6,9,11-13,19,32H2,1-2H3. The van der Waals surface area contributed by atoms with Crippen molar-refractivity contribution in [3.8, 4) is 11.5 Å². The lowest BCUT2D eigenvalue weighted by atomic mass is 10.0. The van der Waals surface area contributed by atoms with Crippen molar-refractivity contribution >= 4 is 11.8 Å². The molecule has 3 aromatic rings. The molecule has 0 spiro atoms. The van der Waals surface area contributed by atoms with Gasteiger partial charge in [0.05, 0.1) is 11.8 Å². The number of hydrogen-bond donors (Lipinski definition) is 1. The molecule has 38 heavy (non-hydrogen) atoms. The van der Waals surface area contributed by atoms with Crippen LogP contribution in [-0.2, 0) is 12.7 Å². The number of nitrogens with zero attached hydrogens (tertiary/aromatic N) is 3. The van der Waals surface area contributed by atoms with Gasteiger partial charge in [-0.3, -0.25) is 9.59 Å². The van der Waals surface area contributed by atoms with E-state index < -0.39 is 17.6 Å². The summed E-state index contributed by atoms with van der Waals surface area (Å²) >= 11 is 0. The Kier molecular flexibility index (Phi) is 10.1. The number of carbonyl (C=O) groups excluding carboxylic acids is 2. The minimum Gasteiger partial charge on any atom is -0.445 e. The van der Waals surface area contributed by atoms with Crippen LogP contribution in [0.15, 0.2) is 59.3 Å². The Morgan fingerprint density at radius 2 is 1.61 bits per heavy atom. The molecule has 2 N–H and O–H groups in total. The molecule has 10 heteroatoms. The SMILES string of the molecule is CCCN(CCC)C(=O)c1cc(C(=O)N(CCCN)Cc2cccc(C(F)(F)F)c2)cc(-c2ncco2)c1. The van der Waals surface area contributed by atoms with Gasteiger partial charge in [-0.2, -0.15) is 13.2 Å². The van der Waals surface area contributed by atoms with Crippen molar-refractivity contribution in [3.63, 3.8) is 0 Å². The Balaban J connectivity index is 2.01. The van der Waals surface area contributed by atoms with Gasteiger partial charge in [0, 0.05) is 42.9 Å². The molecule has 2 aromatic carbocycles. The molecule has 7 nitrogen and oxygen atoms in total. The number of halogens is 3. The van der Waals surface area contributed by atoms with Gasteiger partial charge in [-0.15, -0.1) is 0 Å². The van der Waals surface area contributed by atoms with E-state index in [2.05, 4.69) is 4.98 Å². The number of aromatic nitrogens is 1. The Labute approximate surface area is 220 Å². The Morgan fingerprint density at radius 1 is 0.947 bits per heavy atom. The van der Waals surface area contributed by atoms with E-state index in [-0.39, 0.29) is 30.5 Å². The topological polar surface area (TPSA) is 92.7 Å². The smallest absolute Gasteiger partial charge is 0.416 e. The van der Waals surface area contributed by atoms with Crippen molar-refractivity contribution in [3.05, 3.63) is 77.2 Å². The summed E-state index contributed by atoms with van der Waals surface area (Å²) in [5.74, 6) is -0.406. The van der Waals surface area contributed by atoms with Crippen LogP contribution in [0, 0.1) is 0 Å². The van der Waals surface area contributed by atoms with Crippen LogP contribution in [0.2, 0.25) is 0 Å². The van der Waals surface area contributed by atoms with E-state index >= 15 is 0 Å². The lowest BCUT2D eigenvalue weighted by molar-refractivity contribution is -0.137. The van der Waals surface area contributed by atoms with Crippen LogP contribution < -0.4 is 5.73 Å². The number of alkyl halides is 3. The highest BCUT2D eigenvalue weighted by atomic mass is 19.4. The van der Waals surface area contributed by atoms with E-state index in [1.165, 1.54) is 29.5 Å². The maximum absolute atomic E-state index is 13.7. The summed E-state index contributed by atoms with van der Waals surface area (Å²) in [6, 6.07) is 9.64. The fraction of sp³-hybridized carbons (Fsp3) is 0.393. The van der Waals surface area contributed by atoms with E-state index in [4.69, 9.17) is 10.2 Å². The molecule has 3 rings (SSSR count). The van der Waals surface area contributed by atoms with Gasteiger partial charge in [0.25, 0.3) is 11.8 Å². The number of benzene rings is 2. The number of hydrogen-bond acceptors (Lipinski definition) is 5. The second-order valence-corrected chi connectivity index (χ2v) is 9.00. The van der Waals surface area contributed by atoms with Crippen molar-refractivity contribution < 1.29 is 27.2 Å². The average Bonchev–Trinajstić information content (AvgIpc) is 3.45. The molecule has 0 aliphatic heterocycles. The summed E-state index contributed by atoms with van der Waals surface area (Å²) in [7, 11) is 0. The van der Waals surface area contributed by atoms with Gasteiger partial charge in [-0.25, -0.2) is 4.98 Å². The first kappa shape index (κ1) is 28.9. The highest BCUT2D eigenvalue weighted by Crippen LogP contribution is 2.30. The average molecular weight is 531 g/mol. The van der Waals surface area contributed by atoms with E-state index in [1.54, 1.807) is 23.1 Å². The summed E-state index contributed by atoms with van der Waals surface area (Å²) in [5.41, 5.74) is 6.20. The number of nitrogens with two attached hydrogens (primary N) is 1. The number of carbonyl (C=O) groups is 2. The van der Waals surface area contributed by atoms with Crippen LogP contribution in [0.1, 0.15) is 65.0 Å². The van der Waals surface area contributed by atoms with Crippen LogP contribution in [0.5, 0.6) is 0 Å². The quantitative estimate of drug-likeness (QED) is 0.328. The largest absolute Gasteiger partial charge is 0.445 e. The van der Waals surface area contributed by atoms with Gasteiger partial charge in [-0.1, -0.05) is 26.0 Å². The summed E-state index contributed by atoms with van der Waals surface area (Å²) in [5, 5.41) is 0. The highest BCUT2D eigenvalue weighted by molar-refractivity contribution is 6.01. The number of rotatable bonds is 12. The van der Waals surface area contributed by atoms with Crippen molar-refractivity contribution in [2.45, 2.75) is 45.8 Å². The Morgan fingerprint density at radius 3 is 2.16 bits per heavy atom. The van der Waals surface area contributed by atoms with Gasteiger partial charge in [0.15, 0.2) is 0 Å². The van der Waals surface area contributed by atoms with Gasteiger partial charge < -0.3 is 20.0 Å². The summed E-state index contributed by atoms with van der Waals surface area (Å²) in [6.07, 6.45) is 0.378. The maximum atomic E-state index is 13.7. The second-order valence-electron chi connectivity index (χ2n) is 9.00. The predicted octanol–water partition coefficient (Wildman–Crippen LogP) is 5.61. The number of amides is 2. The van der Waals surface area contributed by atoms with E-state index in [1.807, 2.05) is 13.8 Å². The normalized spacial score (nSPS) is 11.4. The molecule has 0 atom stereocenters. The molecule has 0 bridgehead atoms. The lowest BCUT2D eigenvalue weighted by Gasteiger charge is -2.25. The highest BCUT2D eigenvalue weighted by Gasteiger charge is 2.30. The summed E-state index contributed by atoms with van der Waals surface area (Å²) in [6.45, 7) is 5.58. The molecular weight excluding hydrogens is 497 g/mol. The molecule has 204 valence electrons. The fourth-order valence-corrected chi connectivity index (χ4v) is 4.18. The Bertz CT molecular complexity index is 1210. The molecule has 1 aromatic heterocycles. The molecule has 0 saturated carbocycles. The molecule has 2 amide bonds. The lowest BCUT2D eigenvalue weighted by Crippen LogP contribution is -2.34. The van der Waals surface area contributed by atoms with Crippen molar-refractivity contribution in [1.82, 2.24) is 14.8 Å². The van der Waals surface area contributed by atoms with Crippen LogP contribution in [0.3, 0.4) is 0 Å². The predicted molar refractivity (Wildman–Crippen MR) is 138 cm³/mol. The zero-order valence-electron chi connectivity index (χ0n) is 21.6. The second kappa shape index (κ2) is 13.2. The summed E-state index contributed by atoms with van der Waals surface area (Å²) in [4.78, 5) is 34.5. The van der Waals surface area contributed by atoms with Crippen molar-refractivity contribution in [2.75, 3.05) is 26.2 Å². The third kappa shape index (κ3) is 7.44. The van der Waals surface area contributed by atoms with Gasteiger partial charge in [0.2, 0.25) is 5.89 Å². The molecule has 0 saturated heterocycles. The Hall–Kier alpha value is -3.66. The van der Waals surface area contributed by atoms with Crippen LogP contribution >= 0.6 is 0 Å². The van der Waals surface area contributed by atoms with Crippen molar-refractivity contribution in [1.29, 1.82) is 0 Å². The van der Waals surface area contributed by atoms with Crippen LogP contribution in [0.4, 0.5) is 13.2 Å². The van der Waals surface area contributed by atoms with E-state index in [9.17, 15) is 22.8 Å². The third-order valence-corrected chi connectivity index (χ3v) is 5.93. The minimum atomic E-state index is -4.50.